The first kappa shape index (κ1) is 22.7. The molecule has 1 unspecified atom stereocenters. The van der Waals surface area contributed by atoms with Gasteiger partial charge in [-0.05, 0) is 74.1 Å². The SMILES string of the molecule is Cc1cc(-c2cc(NS(C)(=O)=O)ccc2F)c(Cl)cc1C1C(=O)OC2(CCCCC2)C1=O. The zero-order chi connectivity index (χ0) is 23.3. The Morgan fingerprint density at radius 1 is 1.09 bits per heavy atom. The van der Waals surface area contributed by atoms with E-state index < -0.39 is 33.3 Å². The van der Waals surface area contributed by atoms with E-state index in [-0.39, 0.29) is 22.1 Å². The monoisotopic (exact) mass is 479 g/mol. The summed E-state index contributed by atoms with van der Waals surface area (Å²) in [5.74, 6) is -2.45. The molecule has 6 nitrogen and oxygen atoms in total. The van der Waals surface area contributed by atoms with Crippen LogP contribution in [0.4, 0.5) is 10.1 Å². The van der Waals surface area contributed by atoms with Crippen molar-refractivity contribution in [2.24, 2.45) is 0 Å². The van der Waals surface area contributed by atoms with Crippen LogP contribution in [0.25, 0.3) is 11.1 Å². The molecule has 1 heterocycles. The van der Waals surface area contributed by atoms with E-state index in [1.807, 2.05) is 0 Å². The van der Waals surface area contributed by atoms with E-state index in [9.17, 15) is 22.4 Å². The second kappa shape index (κ2) is 8.15. The number of sulfonamides is 1. The molecule has 1 N–H and O–H groups in total. The third-order valence-electron chi connectivity index (χ3n) is 6.13. The Balaban J connectivity index is 1.73. The highest BCUT2D eigenvalue weighted by Gasteiger charge is 2.56. The van der Waals surface area contributed by atoms with Gasteiger partial charge in [-0.3, -0.25) is 14.3 Å². The van der Waals surface area contributed by atoms with Crippen LogP contribution in [0.3, 0.4) is 0 Å². The van der Waals surface area contributed by atoms with E-state index in [1.54, 1.807) is 13.0 Å². The third-order valence-corrected chi connectivity index (χ3v) is 7.05. The first-order valence-corrected chi connectivity index (χ1v) is 12.6. The van der Waals surface area contributed by atoms with Gasteiger partial charge in [0.15, 0.2) is 11.4 Å². The quantitative estimate of drug-likeness (QED) is 0.505. The molecule has 1 atom stereocenters. The van der Waals surface area contributed by atoms with Gasteiger partial charge in [0.1, 0.15) is 11.7 Å². The van der Waals surface area contributed by atoms with Crippen LogP contribution in [0.5, 0.6) is 0 Å². The van der Waals surface area contributed by atoms with E-state index in [2.05, 4.69) is 4.72 Å². The molecule has 2 aromatic carbocycles. The minimum absolute atomic E-state index is 0.0994. The fraction of sp³-hybridized carbons (Fsp3) is 0.391. The molecule has 9 heteroatoms. The van der Waals surface area contributed by atoms with E-state index >= 15 is 0 Å². The van der Waals surface area contributed by atoms with Crippen LogP contribution in [0.1, 0.15) is 49.1 Å². The Bertz CT molecular complexity index is 1220. The lowest BCUT2D eigenvalue weighted by Crippen LogP contribution is -2.39. The minimum Gasteiger partial charge on any atom is -0.450 e. The summed E-state index contributed by atoms with van der Waals surface area (Å²) >= 11 is 6.48. The van der Waals surface area contributed by atoms with Gasteiger partial charge in [0.25, 0.3) is 0 Å². The standard InChI is InChI=1S/C23H23ClFNO5S/c1-13-10-16(17-11-14(6-7-19(17)25)26-32(2,29)30)18(24)12-15(13)20-21(27)23(31-22(20)28)8-4-3-5-9-23/h6-7,10-12,20,26H,3-5,8-9H2,1-2H3. The number of aryl methyl sites for hydroxylation is 1. The Morgan fingerprint density at radius 3 is 2.44 bits per heavy atom. The number of hydrogen-bond donors (Lipinski definition) is 1. The number of carbonyl (C=O) groups excluding carboxylic acids is 2. The predicted molar refractivity (Wildman–Crippen MR) is 120 cm³/mol. The average molecular weight is 480 g/mol. The molecule has 0 radical (unpaired) electrons. The Labute approximate surface area is 191 Å². The van der Waals surface area contributed by atoms with Gasteiger partial charge in [-0.25, -0.2) is 12.8 Å². The number of rotatable bonds is 4. The number of esters is 1. The highest BCUT2D eigenvalue weighted by Crippen LogP contribution is 2.45. The number of ether oxygens (including phenoxy) is 1. The van der Waals surface area contributed by atoms with Crippen LogP contribution in [0.2, 0.25) is 5.02 Å². The third kappa shape index (κ3) is 4.13. The minimum atomic E-state index is -3.55. The fourth-order valence-electron chi connectivity index (χ4n) is 4.63. The number of benzene rings is 2. The van der Waals surface area contributed by atoms with Crippen molar-refractivity contribution in [2.75, 3.05) is 11.0 Å². The summed E-state index contributed by atoms with van der Waals surface area (Å²) in [6.07, 6.45) is 4.74. The van der Waals surface area contributed by atoms with Crippen LogP contribution >= 0.6 is 11.6 Å². The number of ketones is 1. The normalized spacial score (nSPS) is 20.4. The molecule has 0 bridgehead atoms. The molecule has 1 saturated heterocycles. The first-order chi connectivity index (χ1) is 15.0. The topological polar surface area (TPSA) is 89.5 Å². The van der Waals surface area contributed by atoms with Crippen LogP contribution in [0.15, 0.2) is 30.3 Å². The summed E-state index contributed by atoms with van der Waals surface area (Å²) in [6, 6.07) is 6.92. The molecule has 1 aliphatic carbocycles. The van der Waals surface area contributed by atoms with E-state index in [0.29, 0.717) is 29.5 Å². The lowest BCUT2D eigenvalue weighted by Gasteiger charge is -2.29. The zero-order valence-corrected chi connectivity index (χ0v) is 19.3. The van der Waals surface area contributed by atoms with Gasteiger partial charge in [-0.15, -0.1) is 0 Å². The molecule has 1 saturated carbocycles. The maximum atomic E-state index is 14.6. The van der Waals surface area contributed by atoms with Crippen molar-refractivity contribution in [1.82, 2.24) is 0 Å². The van der Waals surface area contributed by atoms with Crippen molar-refractivity contribution in [2.45, 2.75) is 50.5 Å². The Morgan fingerprint density at radius 2 is 1.78 bits per heavy atom. The second-order valence-corrected chi connectivity index (χ2v) is 10.7. The molecule has 0 aromatic heterocycles. The van der Waals surface area contributed by atoms with E-state index in [0.717, 1.165) is 31.6 Å². The predicted octanol–water partition coefficient (Wildman–Crippen LogP) is 4.74. The van der Waals surface area contributed by atoms with Gasteiger partial charge in [0.05, 0.1) is 6.26 Å². The second-order valence-electron chi connectivity index (χ2n) is 8.53. The van der Waals surface area contributed by atoms with Gasteiger partial charge in [0, 0.05) is 21.8 Å². The van der Waals surface area contributed by atoms with Crippen molar-refractivity contribution in [3.05, 3.63) is 52.3 Å². The lowest BCUT2D eigenvalue weighted by molar-refractivity contribution is -0.154. The molecule has 1 aliphatic heterocycles. The van der Waals surface area contributed by atoms with E-state index in [1.165, 1.54) is 18.2 Å². The summed E-state index contributed by atoms with van der Waals surface area (Å²) < 4.78 is 45.6. The summed E-state index contributed by atoms with van der Waals surface area (Å²) in [5.41, 5.74) is 0.608. The van der Waals surface area contributed by atoms with Crippen LogP contribution in [-0.4, -0.2) is 32.0 Å². The Kier molecular flexibility index (Phi) is 5.79. The van der Waals surface area contributed by atoms with Crippen molar-refractivity contribution in [3.63, 3.8) is 0 Å². The highest BCUT2D eigenvalue weighted by atomic mass is 35.5. The molecule has 32 heavy (non-hydrogen) atoms. The lowest BCUT2D eigenvalue weighted by atomic mass is 9.77. The molecule has 2 aliphatic rings. The molecular weight excluding hydrogens is 457 g/mol. The smallest absolute Gasteiger partial charge is 0.322 e. The van der Waals surface area contributed by atoms with Gasteiger partial charge in [-0.2, -0.15) is 0 Å². The van der Waals surface area contributed by atoms with E-state index in [4.69, 9.17) is 16.3 Å². The number of carbonyl (C=O) groups is 2. The summed E-state index contributed by atoms with van der Waals surface area (Å²) in [6.45, 7) is 1.72. The van der Waals surface area contributed by atoms with Crippen molar-refractivity contribution < 1.29 is 27.1 Å². The molecule has 4 rings (SSSR count). The number of Topliss-reactive ketones (excluding diaryl/α,β-unsaturated/α-hetero) is 1. The summed E-state index contributed by atoms with van der Waals surface area (Å²) in [7, 11) is -3.55. The maximum absolute atomic E-state index is 14.6. The molecule has 170 valence electrons. The Hall–Kier alpha value is -2.45. The van der Waals surface area contributed by atoms with Crippen molar-refractivity contribution in [3.8, 4) is 11.1 Å². The molecule has 0 amide bonds. The summed E-state index contributed by atoms with van der Waals surface area (Å²) in [4.78, 5) is 25.9. The largest absolute Gasteiger partial charge is 0.450 e. The van der Waals surface area contributed by atoms with Crippen LogP contribution in [0, 0.1) is 12.7 Å². The summed E-state index contributed by atoms with van der Waals surface area (Å²) in [5, 5.41) is 0.145. The van der Waals surface area contributed by atoms with Gasteiger partial charge >= 0.3 is 5.97 Å². The van der Waals surface area contributed by atoms with Gasteiger partial charge in [0.2, 0.25) is 10.0 Å². The molecule has 1 spiro atoms. The average Bonchev–Trinajstić information content (AvgIpc) is 2.94. The fourth-order valence-corrected chi connectivity index (χ4v) is 5.46. The highest BCUT2D eigenvalue weighted by molar-refractivity contribution is 7.92. The van der Waals surface area contributed by atoms with Gasteiger partial charge in [-0.1, -0.05) is 18.0 Å². The zero-order valence-electron chi connectivity index (χ0n) is 17.7. The number of halogens is 2. The van der Waals surface area contributed by atoms with Crippen molar-refractivity contribution >= 4 is 39.1 Å². The van der Waals surface area contributed by atoms with Crippen LogP contribution in [-0.2, 0) is 24.3 Å². The van der Waals surface area contributed by atoms with Crippen LogP contribution < -0.4 is 4.72 Å². The molecule has 2 aromatic rings. The van der Waals surface area contributed by atoms with Gasteiger partial charge < -0.3 is 4.74 Å². The first-order valence-electron chi connectivity index (χ1n) is 10.4. The number of hydrogen-bond acceptors (Lipinski definition) is 5. The molecule has 2 fully saturated rings. The molecular formula is C23H23ClFNO5S. The maximum Gasteiger partial charge on any atom is 0.322 e. The number of nitrogens with one attached hydrogen (secondary N) is 1. The number of anilines is 1. The van der Waals surface area contributed by atoms with Crippen molar-refractivity contribution in [1.29, 1.82) is 0 Å².